The van der Waals surface area contributed by atoms with Gasteiger partial charge in [0.15, 0.2) is 0 Å². The first-order chi connectivity index (χ1) is 9.02. The highest BCUT2D eigenvalue weighted by atomic mass is 19.1. The van der Waals surface area contributed by atoms with Crippen LogP contribution in [-0.2, 0) is 0 Å². The molecular formula is C16H23F2N. The van der Waals surface area contributed by atoms with Crippen molar-refractivity contribution in [1.29, 1.82) is 0 Å². The summed E-state index contributed by atoms with van der Waals surface area (Å²) in [6.07, 6.45) is 3.55. The smallest absolute Gasteiger partial charge is 0.128 e. The maximum Gasteiger partial charge on any atom is 0.128 e. The van der Waals surface area contributed by atoms with Gasteiger partial charge in [0, 0.05) is 17.6 Å². The molecule has 0 heterocycles. The van der Waals surface area contributed by atoms with Crippen LogP contribution in [0.15, 0.2) is 18.2 Å². The molecule has 0 spiro atoms. The topological polar surface area (TPSA) is 12.0 Å². The van der Waals surface area contributed by atoms with E-state index in [0.29, 0.717) is 17.5 Å². The Morgan fingerprint density at radius 3 is 2.68 bits per heavy atom. The average molecular weight is 267 g/mol. The van der Waals surface area contributed by atoms with Crippen LogP contribution in [0, 0.1) is 23.5 Å². The first kappa shape index (κ1) is 14.4. The Hall–Kier alpha value is -0.960. The summed E-state index contributed by atoms with van der Waals surface area (Å²) in [7, 11) is 0. The van der Waals surface area contributed by atoms with E-state index in [4.69, 9.17) is 0 Å². The number of hydrogen-bond acceptors (Lipinski definition) is 1. The zero-order valence-corrected chi connectivity index (χ0v) is 11.9. The summed E-state index contributed by atoms with van der Waals surface area (Å²) in [6.45, 7) is 6.39. The van der Waals surface area contributed by atoms with E-state index in [1.165, 1.54) is 25.0 Å². The molecule has 0 radical (unpaired) electrons. The fourth-order valence-corrected chi connectivity index (χ4v) is 3.32. The van der Waals surface area contributed by atoms with Gasteiger partial charge in [-0.3, -0.25) is 0 Å². The minimum Gasteiger partial charge on any atom is -0.307 e. The summed E-state index contributed by atoms with van der Waals surface area (Å²) in [5.41, 5.74) is 0.423. The van der Waals surface area contributed by atoms with Gasteiger partial charge in [0.2, 0.25) is 0 Å². The maximum atomic E-state index is 13.7. The molecule has 1 aliphatic carbocycles. The second-order valence-electron chi connectivity index (χ2n) is 5.77. The molecule has 3 heteroatoms. The SMILES string of the molecule is CCC1CCC(NC(C)c2cc(F)ccc2F)C1C. The van der Waals surface area contributed by atoms with Crippen molar-refractivity contribution in [3.05, 3.63) is 35.4 Å². The van der Waals surface area contributed by atoms with E-state index in [1.54, 1.807) is 0 Å². The predicted octanol–water partition coefficient (Wildman–Crippen LogP) is 4.44. The summed E-state index contributed by atoms with van der Waals surface area (Å²) >= 11 is 0. The van der Waals surface area contributed by atoms with Gasteiger partial charge < -0.3 is 5.32 Å². The van der Waals surface area contributed by atoms with Gasteiger partial charge in [0.05, 0.1) is 0 Å². The number of halogens is 2. The van der Waals surface area contributed by atoms with E-state index < -0.39 is 0 Å². The lowest BCUT2D eigenvalue weighted by Gasteiger charge is -2.25. The van der Waals surface area contributed by atoms with Gasteiger partial charge in [-0.25, -0.2) is 8.78 Å². The van der Waals surface area contributed by atoms with E-state index in [2.05, 4.69) is 19.2 Å². The fourth-order valence-electron chi connectivity index (χ4n) is 3.32. The Kier molecular flexibility index (Phi) is 4.56. The third-order valence-electron chi connectivity index (χ3n) is 4.64. The molecule has 0 aliphatic heterocycles. The number of hydrogen-bond donors (Lipinski definition) is 1. The second-order valence-corrected chi connectivity index (χ2v) is 5.77. The van der Waals surface area contributed by atoms with Crippen molar-refractivity contribution in [1.82, 2.24) is 5.32 Å². The normalized spacial score (nSPS) is 28.6. The van der Waals surface area contributed by atoms with Crippen LogP contribution in [0.25, 0.3) is 0 Å². The highest BCUT2D eigenvalue weighted by Gasteiger charge is 2.32. The summed E-state index contributed by atoms with van der Waals surface area (Å²) in [4.78, 5) is 0. The Morgan fingerprint density at radius 1 is 1.32 bits per heavy atom. The molecule has 1 N–H and O–H groups in total. The van der Waals surface area contributed by atoms with E-state index in [9.17, 15) is 8.78 Å². The molecule has 0 bridgehead atoms. The van der Waals surface area contributed by atoms with Gasteiger partial charge in [-0.1, -0.05) is 20.3 Å². The molecule has 19 heavy (non-hydrogen) atoms. The third-order valence-corrected chi connectivity index (χ3v) is 4.64. The van der Waals surface area contributed by atoms with E-state index >= 15 is 0 Å². The molecule has 1 aromatic carbocycles. The number of rotatable bonds is 4. The summed E-state index contributed by atoms with van der Waals surface area (Å²) in [5.74, 6) is 0.640. The fraction of sp³-hybridized carbons (Fsp3) is 0.625. The first-order valence-electron chi connectivity index (χ1n) is 7.24. The zero-order valence-electron chi connectivity index (χ0n) is 11.9. The molecule has 1 fully saturated rings. The van der Waals surface area contributed by atoms with Crippen LogP contribution in [0.3, 0.4) is 0 Å². The number of benzene rings is 1. The quantitative estimate of drug-likeness (QED) is 0.850. The minimum atomic E-state index is -0.379. The van der Waals surface area contributed by atoms with Crippen molar-refractivity contribution in [2.45, 2.75) is 52.1 Å². The molecule has 2 rings (SSSR count). The third kappa shape index (κ3) is 3.14. The molecule has 0 aromatic heterocycles. The van der Waals surface area contributed by atoms with Crippen LogP contribution in [0.4, 0.5) is 8.78 Å². The maximum absolute atomic E-state index is 13.7. The Balaban J connectivity index is 2.05. The van der Waals surface area contributed by atoms with Gasteiger partial charge >= 0.3 is 0 Å². The Bertz CT molecular complexity index is 433. The molecule has 1 aromatic rings. The van der Waals surface area contributed by atoms with Crippen LogP contribution in [0.1, 0.15) is 51.6 Å². The highest BCUT2D eigenvalue weighted by molar-refractivity contribution is 5.22. The largest absolute Gasteiger partial charge is 0.307 e. The lowest BCUT2D eigenvalue weighted by atomic mass is 9.93. The lowest BCUT2D eigenvalue weighted by Crippen LogP contribution is -2.35. The predicted molar refractivity (Wildman–Crippen MR) is 73.9 cm³/mol. The minimum absolute atomic E-state index is 0.154. The average Bonchev–Trinajstić information content (AvgIpc) is 2.73. The molecular weight excluding hydrogens is 244 g/mol. The van der Waals surface area contributed by atoms with Crippen molar-refractivity contribution in [3.8, 4) is 0 Å². The Morgan fingerprint density at radius 2 is 2.05 bits per heavy atom. The molecule has 106 valence electrons. The van der Waals surface area contributed by atoms with Crippen molar-refractivity contribution in [2.24, 2.45) is 11.8 Å². The second kappa shape index (κ2) is 6.00. The molecule has 4 unspecified atom stereocenters. The van der Waals surface area contributed by atoms with Crippen molar-refractivity contribution in [3.63, 3.8) is 0 Å². The van der Waals surface area contributed by atoms with Gasteiger partial charge in [-0.05, 0) is 49.8 Å². The van der Waals surface area contributed by atoms with Crippen LogP contribution in [0.5, 0.6) is 0 Å². The van der Waals surface area contributed by atoms with Gasteiger partial charge in [-0.2, -0.15) is 0 Å². The Labute approximate surface area is 114 Å². The lowest BCUT2D eigenvalue weighted by molar-refractivity contribution is 0.324. The molecule has 1 saturated carbocycles. The van der Waals surface area contributed by atoms with Crippen molar-refractivity contribution < 1.29 is 8.78 Å². The van der Waals surface area contributed by atoms with Crippen LogP contribution < -0.4 is 5.32 Å². The number of nitrogens with one attached hydrogen (secondary N) is 1. The van der Waals surface area contributed by atoms with Crippen LogP contribution in [-0.4, -0.2) is 6.04 Å². The van der Waals surface area contributed by atoms with Crippen molar-refractivity contribution in [2.75, 3.05) is 0 Å². The summed E-state index contributed by atoms with van der Waals surface area (Å²) < 4.78 is 26.9. The van der Waals surface area contributed by atoms with E-state index in [-0.39, 0.29) is 17.7 Å². The first-order valence-corrected chi connectivity index (χ1v) is 7.24. The molecule has 0 amide bonds. The summed E-state index contributed by atoms with van der Waals surface area (Å²) in [5, 5.41) is 3.47. The standard InChI is InChI=1S/C16H23F2N/c1-4-12-5-8-16(10(12)2)19-11(3)14-9-13(17)6-7-15(14)18/h6-7,9-12,16,19H,4-5,8H2,1-3H3. The molecule has 1 nitrogen and oxygen atoms in total. The van der Waals surface area contributed by atoms with Gasteiger partial charge in [0.25, 0.3) is 0 Å². The van der Waals surface area contributed by atoms with Crippen LogP contribution in [0.2, 0.25) is 0 Å². The molecule has 0 saturated heterocycles. The van der Waals surface area contributed by atoms with Crippen LogP contribution >= 0.6 is 0 Å². The monoisotopic (exact) mass is 267 g/mol. The molecule has 1 aliphatic rings. The molecule has 4 atom stereocenters. The summed E-state index contributed by atoms with van der Waals surface area (Å²) in [6, 6.07) is 3.91. The van der Waals surface area contributed by atoms with E-state index in [1.807, 2.05) is 6.92 Å². The zero-order chi connectivity index (χ0) is 14.0. The van der Waals surface area contributed by atoms with Crippen molar-refractivity contribution >= 4 is 0 Å². The van der Waals surface area contributed by atoms with Gasteiger partial charge in [-0.15, -0.1) is 0 Å². The van der Waals surface area contributed by atoms with Gasteiger partial charge in [0.1, 0.15) is 11.6 Å². The van der Waals surface area contributed by atoms with E-state index in [0.717, 1.165) is 18.4 Å². The highest BCUT2D eigenvalue weighted by Crippen LogP contribution is 2.35.